The van der Waals surface area contributed by atoms with Crippen molar-refractivity contribution in [1.29, 1.82) is 0 Å². The van der Waals surface area contributed by atoms with Crippen molar-refractivity contribution in [1.82, 2.24) is 0 Å². The third-order valence-corrected chi connectivity index (χ3v) is 10.6. The van der Waals surface area contributed by atoms with E-state index >= 15 is 0 Å². The number of carbonyl (C=O) groups is 2. The molecular formula is C45H84NO9P. The first-order valence-electron chi connectivity index (χ1n) is 22.5. The lowest BCUT2D eigenvalue weighted by Crippen LogP contribution is -2.34. The summed E-state index contributed by atoms with van der Waals surface area (Å²) < 4.78 is 33.4. The molecule has 0 aromatic rings. The molecular weight excluding hydrogens is 729 g/mol. The Morgan fingerprint density at radius 3 is 1.50 bits per heavy atom. The van der Waals surface area contributed by atoms with E-state index in [1.165, 1.54) is 122 Å². The molecule has 328 valence electrons. The Bertz CT molecular complexity index is 1040. The second-order valence-corrected chi connectivity index (χ2v) is 16.6. The first-order valence-corrected chi connectivity index (χ1v) is 24.0. The van der Waals surface area contributed by atoms with E-state index in [0.29, 0.717) is 13.0 Å². The topological polar surface area (TPSA) is 155 Å². The monoisotopic (exact) mass is 814 g/mol. The van der Waals surface area contributed by atoms with Crippen molar-refractivity contribution in [3.63, 3.8) is 0 Å². The van der Waals surface area contributed by atoms with Gasteiger partial charge in [-0.25, -0.2) is 4.57 Å². The zero-order valence-corrected chi connectivity index (χ0v) is 36.6. The zero-order valence-electron chi connectivity index (χ0n) is 35.7. The molecule has 3 atom stereocenters. The van der Waals surface area contributed by atoms with Crippen molar-refractivity contribution in [3.8, 4) is 0 Å². The third-order valence-electron chi connectivity index (χ3n) is 9.67. The maximum atomic E-state index is 12.6. The van der Waals surface area contributed by atoms with Crippen LogP contribution in [0.1, 0.15) is 200 Å². The van der Waals surface area contributed by atoms with Crippen molar-refractivity contribution in [2.75, 3.05) is 26.4 Å². The Morgan fingerprint density at radius 2 is 0.982 bits per heavy atom. The lowest BCUT2D eigenvalue weighted by Gasteiger charge is -2.20. The molecule has 0 rings (SSSR count). The summed E-state index contributed by atoms with van der Waals surface area (Å²) in [5, 5.41) is 8.90. The van der Waals surface area contributed by atoms with Crippen LogP contribution < -0.4 is 5.73 Å². The highest BCUT2D eigenvalue weighted by Gasteiger charge is 2.27. The van der Waals surface area contributed by atoms with Gasteiger partial charge in [0.25, 0.3) is 0 Å². The molecule has 0 saturated heterocycles. The van der Waals surface area contributed by atoms with Gasteiger partial charge in [0, 0.05) is 13.0 Å². The molecule has 4 N–H and O–H groups in total. The van der Waals surface area contributed by atoms with Crippen molar-refractivity contribution in [2.45, 2.75) is 212 Å². The van der Waals surface area contributed by atoms with Crippen molar-refractivity contribution in [3.05, 3.63) is 36.5 Å². The quantitative estimate of drug-likeness (QED) is 0.0234. The third kappa shape index (κ3) is 40.4. The van der Waals surface area contributed by atoms with Crippen LogP contribution in [-0.4, -0.2) is 60.5 Å². The van der Waals surface area contributed by atoms with Gasteiger partial charge in [-0.2, -0.15) is 0 Å². The standard InChI is InChI=1S/C45H84NO9P/c1-3-5-7-9-11-13-15-17-19-20-21-22-23-24-26-28-30-32-34-36-38-52-39-42(40-53-56(50,51)54-41-43(46)45(48)49)55-44(47)37-35-33-31-29-27-25-18-16-14-12-10-8-6-4-2/h11,13,17,19,21-22,42-43H,3-10,12,14-16,18,20,23-41,46H2,1-2H3,(H,48,49)(H,50,51)/b13-11-,19-17-,22-21-. The minimum Gasteiger partial charge on any atom is -0.480 e. The number of aliphatic carboxylic acids is 1. The van der Waals surface area contributed by atoms with E-state index in [1.807, 2.05) is 0 Å². The van der Waals surface area contributed by atoms with Gasteiger partial charge in [0.05, 0.1) is 19.8 Å². The summed E-state index contributed by atoms with van der Waals surface area (Å²) in [6.45, 7) is 3.85. The number of phosphoric ester groups is 1. The van der Waals surface area contributed by atoms with Crippen LogP contribution in [0, 0.1) is 0 Å². The maximum Gasteiger partial charge on any atom is 0.472 e. The van der Waals surface area contributed by atoms with Crippen LogP contribution in [0.2, 0.25) is 0 Å². The molecule has 0 aliphatic heterocycles. The molecule has 0 fully saturated rings. The number of nitrogens with two attached hydrogens (primary N) is 1. The van der Waals surface area contributed by atoms with Crippen LogP contribution in [0.15, 0.2) is 36.5 Å². The number of esters is 1. The fourth-order valence-corrected chi connectivity index (χ4v) is 6.92. The molecule has 11 heteroatoms. The van der Waals surface area contributed by atoms with Gasteiger partial charge in [0.2, 0.25) is 0 Å². The number of hydrogen-bond acceptors (Lipinski definition) is 8. The molecule has 0 aliphatic carbocycles. The summed E-state index contributed by atoms with van der Waals surface area (Å²) in [4.78, 5) is 33.5. The molecule has 0 aromatic heterocycles. The summed E-state index contributed by atoms with van der Waals surface area (Å²) in [5.74, 6) is -1.78. The number of carbonyl (C=O) groups excluding carboxylic acids is 1. The largest absolute Gasteiger partial charge is 0.480 e. The highest BCUT2D eigenvalue weighted by atomic mass is 31.2. The first-order chi connectivity index (χ1) is 27.2. The van der Waals surface area contributed by atoms with E-state index in [4.69, 9.17) is 29.4 Å². The van der Waals surface area contributed by atoms with E-state index in [1.54, 1.807) is 0 Å². The van der Waals surface area contributed by atoms with Crippen molar-refractivity contribution >= 4 is 19.8 Å². The van der Waals surface area contributed by atoms with Gasteiger partial charge in [-0.05, 0) is 51.4 Å². The predicted octanol–water partition coefficient (Wildman–Crippen LogP) is 12.5. The molecule has 0 aromatic carbocycles. The normalized spacial score (nSPS) is 14.2. The zero-order chi connectivity index (χ0) is 41.2. The van der Waals surface area contributed by atoms with Crippen LogP contribution >= 0.6 is 7.82 Å². The molecule has 3 unspecified atom stereocenters. The number of ether oxygens (including phenoxy) is 2. The van der Waals surface area contributed by atoms with E-state index in [0.717, 1.165) is 51.4 Å². The van der Waals surface area contributed by atoms with Crippen molar-refractivity contribution < 1.29 is 42.7 Å². The molecule has 0 radical (unpaired) electrons. The number of hydrogen-bond donors (Lipinski definition) is 3. The van der Waals surface area contributed by atoms with Gasteiger partial charge in [-0.3, -0.25) is 18.6 Å². The highest BCUT2D eigenvalue weighted by Crippen LogP contribution is 2.43. The molecule has 10 nitrogen and oxygen atoms in total. The van der Waals surface area contributed by atoms with Gasteiger partial charge < -0.3 is 25.2 Å². The SMILES string of the molecule is CCCCC/C=C\C/C=C\C/C=C\CCCCCCCCCOCC(COP(=O)(O)OCC(N)C(=O)O)OC(=O)CCCCCCCCCCCCCCCC. The second kappa shape index (κ2) is 41.4. The van der Waals surface area contributed by atoms with Crippen LogP contribution in [-0.2, 0) is 32.7 Å². The van der Waals surface area contributed by atoms with Crippen LogP contribution in [0.4, 0.5) is 0 Å². The molecule has 0 heterocycles. The average Bonchev–Trinajstić information content (AvgIpc) is 3.18. The molecule has 0 aliphatic rings. The average molecular weight is 814 g/mol. The molecule has 0 amide bonds. The number of phosphoric acid groups is 1. The fourth-order valence-electron chi connectivity index (χ4n) is 6.14. The van der Waals surface area contributed by atoms with Gasteiger partial charge in [0.15, 0.2) is 0 Å². The second-order valence-electron chi connectivity index (χ2n) is 15.2. The molecule has 56 heavy (non-hydrogen) atoms. The van der Waals surface area contributed by atoms with Crippen molar-refractivity contribution in [2.24, 2.45) is 5.73 Å². The van der Waals surface area contributed by atoms with Gasteiger partial charge in [-0.15, -0.1) is 0 Å². The Kier molecular flexibility index (Phi) is 40.0. The summed E-state index contributed by atoms with van der Waals surface area (Å²) in [6, 6.07) is -1.47. The summed E-state index contributed by atoms with van der Waals surface area (Å²) >= 11 is 0. The number of unbranched alkanes of at least 4 members (excludes halogenated alkanes) is 23. The van der Waals surface area contributed by atoms with E-state index in [2.05, 4.69) is 50.3 Å². The molecule has 0 saturated carbocycles. The minimum absolute atomic E-state index is 0.0125. The van der Waals surface area contributed by atoms with Crippen LogP contribution in [0.25, 0.3) is 0 Å². The molecule has 0 bridgehead atoms. The maximum absolute atomic E-state index is 12.6. The molecule has 0 spiro atoms. The summed E-state index contributed by atoms with van der Waals surface area (Å²) in [5.41, 5.74) is 5.36. The Morgan fingerprint density at radius 1 is 0.571 bits per heavy atom. The number of rotatable bonds is 43. The van der Waals surface area contributed by atoms with Gasteiger partial charge in [0.1, 0.15) is 12.1 Å². The van der Waals surface area contributed by atoms with E-state index in [9.17, 15) is 19.0 Å². The summed E-state index contributed by atoms with van der Waals surface area (Å²) in [6.07, 6.45) is 46.2. The number of carboxylic acids is 1. The Hall–Kier alpha value is -1.81. The van der Waals surface area contributed by atoms with Gasteiger partial charge in [-0.1, -0.05) is 179 Å². The summed E-state index contributed by atoms with van der Waals surface area (Å²) in [7, 11) is -4.62. The Balaban J connectivity index is 4.21. The van der Waals surface area contributed by atoms with Gasteiger partial charge >= 0.3 is 19.8 Å². The fraction of sp³-hybridized carbons (Fsp3) is 0.822. The predicted molar refractivity (Wildman–Crippen MR) is 231 cm³/mol. The minimum atomic E-state index is -4.62. The van der Waals surface area contributed by atoms with E-state index in [-0.39, 0.29) is 13.0 Å². The number of allylic oxidation sites excluding steroid dienone is 6. The van der Waals surface area contributed by atoms with E-state index < -0.39 is 45.1 Å². The lowest BCUT2D eigenvalue weighted by molar-refractivity contribution is -0.154. The first kappa shape index (κ1) is 54.2. The number of carboxylic acid groups (broad SMARTS) is 1. The smallest absolute Gasteiger partial charge is 0.472 e. The van der Waals surface area contributed by atoms with Crippen LogP contribution in [0.5, 0.6) is 0 Å². The lowest BCUT2D eigenvalue weighted by atomic mass is 10.0. The Labute approximate surface area is 342 Å². The van der Waals surface area contributed by atoms with Crippen LogP contribution in [0.3, 0.4) is 0 Å². The highest BCUT2D eigenvalue weighted by molar-refractivity contribution is 7.47.